The Morgan fingerprint density at radius 3 is 1.62 bits per heavy atom. The molecule has 3 aromatic heterocycles. The van der Waals surface area contributed by atoms with Crippen molar-refractivity contribution >= 4 is 82.5 Å². The summed E-state index contributed by atoms with van der Waals surface area (Å²) in [7, 11) is 2.17. The number of nitrogens with zero attached hydrogens (tertiary/aromatic N) is 5. The van der Waals surface area contributed by atoms with E-state index in [-0.39, 0.29) is 0 Å². The standard InChI is InChI=1S/C50H35N5/c1-51-32-52(45-23-13-12-22-44(45)51)35-24-26-38-37-18-8-10-20-42(37)54(47(38)30-35)36-25-27-39-40-28-29-46-49(50(40)55(48(39)31-36)34-16-6-3-7-17-34)41-19-9-11-21-43(41)53(46)33-14-4-2-5-15-33/h2-31H,32H2,1H3. The summed E-state index contributed by atoms with van der Waals surface area (Å²) in [5.74, 6) is 0. The third-order valence-corrected chi connectivity index (χ3v) is 11.7. The molecule has 5 heteroatoms. The minimum Gasteiger partial charge on any atom is -0.355 e. The molecule has 0 spiro atoms. The first-order valence-corrected chi connectivity index (χ1v) is 19.0. The summed E-state index contributed by atoms with van der Waals surface area (Å²) in [6, 6.07) is 66.6. The van der Waals surface area contributed by atoms with Crippen LogP contribution in [-0.4, -0.2) is 27.4 Å². The summed E-state index contributed by atoms with van der Waals surface area (Å²) < 4.78 is 7.37. The molecule has 5 nitrogen and oxygen atoms in total. The van der Waals surface area contributed by atoms with Gasteiger partial charge < -0.3 is 23.5 Å². The Morgan fingerprint density at radius 1 is 0.345 bits per heavy atom. The molecule has 0 fully saturated rings. The van der Waals surface area contributed by atoms with Crippen molar-refractivity contribution in [2.24, 2.45) is 0 Å². The highest BCUT2D eigenvalue weighted by atomic mass is 15.4. The van der Waals surface area contributed by atoms with Gasteiger partial charge in [0.1, 0.15) is 0 Å². The lowest BCUT2D eigenvalue weighted by molar-refractivity contribution is 0.950. The minimum absolute atomic E-state index is 0.809. The summed E-state index contributed by atoms with van der Waals surface area (Å²) in [6.07, 6.45) is 0. The van der Waals surface area contributed by atoms with Gasteiger partial charge in [-0.2, -0.15) is 0 Å². The Hall–Kier alpha value is -7.24. The maximum atomic E-state index is 2.49. The van der Waals surface area contributed by atoms with E-state index >= 15 is 0 Å². The first-order chi connectivity index (χ1) is 27.2. The quantitative estimate of drug-likeness (QED) is 0.182. The molecule has 0 saturated carbocycles. The minimum atomic E-state index is 0.809. The molecule has 0 N–H and O–H groups in total. The molecule has 0 bridgehead atoms. The van der Waals surface area contributed by atoms with E-state index in [0.29, 0.717) is 0 Å². The summed E-state index contributed by atoms with van der Waals surface area (Å²) in [5, 5.41) is 7.49. The molecule has 55 heavy (non-hydrogen) atoms. The van der Waals surface area contributed by atoms with E-state index in [0.717, 1.165) is 23.7 Å². The van der Waals surface area contributed by atoms with Gasteiger partial charge in [-0.05, 0) is 78.9 Å². The van der Waals surface area contributed by atoms with Crippen LogP contribution in [0, 0.1) is 0 Å². The zero-order valence-corrected chi connectivity index (χ0v) is 30.3. The van der Waals surface area contributed by atoms with E-state index < -0.39 is 0 Å². The van der Waals surface area contributed by atoms with Gasteiger partial charge in [-0.1, -0.05) is 103 Å². The predicted octanol–water partition coefficient (Wildman–Crippen LogP) is 12.5. The van der Waals surface area contributed by atoms with Crippen molar-refractivity contribution in [2.45, 2.75) is 0 Å². The zero-order chi connectivity index (χ0) is 36.2. The van der Waals surface area contributed by atoms with Crippen molar-refractivity contribution in [3.05, 3.63) is 182 Å². The summed E-state index contributed by atoms with van der Waals surface area (Å²) in [4.78, 5) is 4.74. The van der Waals surface area contributed by atoms with Crippen LogP contribution < -0.4 is 9.80 Å². The molecule has 0 unspecified atom stereocenters. The molecule has 0 aliphatic carbocycles. The Balaban J connectivity index is 1.16. The van der Waals surface area contributed by atoms with Crippen molar-refractivity contribution < 1.29 is 0 Å². The number of aromatic nitrogens is 3. The smallest absolute Gasteiger partial charge is 0.0950 e. The molecule has 4 heterocycles. The van der Waals surface area contributed by atoms with E-state index in [1.165, 1.54) is 82.5 Å². The van der Waals surface area contributed by atoms with E-state index in [1.807, 2.05) is 0 Å². The molecular weight excluding hydrogens is 671 g/mol. The third-order valence-electron chi connectivity index (χ3n) is 11.7. The van der Waals surface area contributed by atoms with Gasteiger partial charge >= 0.3 is 0 Å². The van der Waals surface area contributed by atoms with Gasteiger partial charge in [0.25, 0.3) is 0 Å². The van der Waals surface area contributed by atoms with Gasteiger partial charge in [0, 0.05) is 62.1 Å². The maximum Gasteiger partial charge on any atom is 0.0950 e. The van der Waals surface area contributed by atoms with Crippen molar-refractivity contribution in [3.8, 4) is 17.1 Å². The number of para-hydroxylation sites is 6. The van der Waals surface area contributed by atoms with Gasteiger partial charge in [0.2, 0.25) is 0 Å². The van der Waals surface area contributed by atoms with Gasteiger partial charge in [0.05, 0.1) is 51.1 Å². The Kier molecular flexibility index (Phi) is 6.26. The molecule has 0 saturated heterocycles. The van der Waals surface area contributed by atoms with Crippen LogP contribution in [0.25, 0.3) is 82.5 Å². The zero-order valence-electron chi connectivity index (χ0n) is 30.3. The first kappa shape index (κ1) is 30.2. The fourth-order valence-electron chi connectivity index (χ4n) is 9.39. The van der Waals surface area contributed by atoms with Crippen molar-refractivity contribution in [3.63, 3.8) is 0 Å². The number of benzene rings is 8. The largest absolute Gasteiger partial charge is 0.355 e. The van der Waals surface area contributed by atoms with Crippen LogP contribution in [0.3, 0.4) is 0 Å². The lowest BCUT2D eigenvalue weighted by atomic mass is 10.1. The van der Waals surface area contributed by atoms with E-state index in [2.05, 4.69) is 213 Å². The van der Waals surface area contributed by atoms with Gasteiger partial charge in [-0.15, -0.1) is 0 Å². The molecule has 1 aliphatic heterocycles. The Labute approximate surface area is 317 Å². The molecule has 0 atom stereocenters. The number of fused-ring (bicyclic) bond motifs is 11. The fraction of sp³-hybridized carbons (Fsp3) is 0.0400. The van der Waals surface area contributed by atoms with Crippen LogP contribution in [0.4, 0.5) is 17.1 Å². The van der Waals surface area contributed by atoms with Crippen LogP contribution in [0.15, 0.2) is 182 Å². The monoisotopic (exact) mass is 705 g/mol. The second-order valence-electron chi connectivity index (χ2n) is 14.7. The van der Waals surface area contributed by atoms with Crippen LogP contribution in [0.2, 0.25) is 0 Å². The molecule has 260 valence electrons. The Morgan fingerprint density at radius 2 is 0.855 bits per heavy atom. The number of hydrogen-bond donors (Lipinski definition) is 0. The fourth-order valence-corrected chi connectivity index (χ4v) is 9.39. The van der Waals surface area contributed by atoms with Crippen LogP contribution in [0.5, 0.6) is 0 Å². The number of hydrogen-bond acceptors (Lipinski definition) is 2. The molecular formula is C50H35N5. The topological polar surface area (TPSA) is 21.3 Å². The van der Waals surface area contributed by atoms with E-state index in [4.69, 9.17) is 0 Å². The highest BCUT2D eigenvalue weighted by Crippen LogP contribution is 2.45. The molecule has 11 aromatic rings. The SMILES string of the molecule is CN1CN(c2ccc3c4ccccc4n(-c4ccc5c6ccc7c(c8ccccc8n7-c7ccccc7)c6n(-c6ccccc6)c5c4)c3c2)c2ccccc21. The summed E-state index contributed by atoms with van der Waals surface area (Å²) in [6.45, 7) is 0.809. The van der Waals surface area contributed by atoms with Crippen molar-refractivity contribution in [1.82, 2.24) is 13.7 Å². The first-order valence-electron chi connectivity index (χ1n) is 19.0. The lowest BCUT2D eigenvalue weighted by Gasteiger charge is -2.20. The van der Waals surface area contributed by atoms with Gasteiger partial charge in [-0.25, -0.2) is 0 Å². The molecule has 0 amide bonds. The second kappa shape index (κ2) is 11.4. The highest BCUT2D eigenvalue weighted by Gasteiger charge is 2.26. The van der Waals surface area contributed by atoms with Gasteiger partial charge in [-0.3, -0.25) is 0 Å². The molecule has 12 rings (SSSR count). The normalized spacial score (nSPS) is 13.0. The van der Waals surface area contributed by atoms with Gasteiger partial charge in [0.15, 0.2) is 0 Å². The molecule has 0 radical (unpaired) electrons. The average Bonchev–Trinajstić information content (AvgIpc) is 3.97. The van der Waals surface area contributed by atoms with Crippen molar-refractivity contribution in [2.75, 3.05) is 23.5 Å². The van der Waals surface area contributed by atoms with E-state index in [1.54, 1.807) is 0 Å². The van der Waals surface area contributed by atoms with Crippen LogP contribution in [-0.2, 0) is 0 Å². The molecule has 1 aliphatic rings. The summed E-state index contributed by atoms with van der Waals surface area (Å²) in [5.41, 5.74) is 14.3. The summed E-state index contributed by atoms with van der Waals surface area (Å²) >= 11 is 0. The number of rotatable bonds is 4. The Bertz CT molecular complexity index is 3310. The van der Waals surface area contributed by atoms with Crippen molar-refractivity contribution in [1.29, 1.82) is 0 Å². The highest BCUT2D eigenvalue weighted by molar-refractivity contribution is 6.26. The van der Waals surface area contributed by atoms with Crippen LogP contribution in [0.1, 0.15) is 0 Å². The predicted molar refractivity (Wildman–Crippen MR) is 231 cm³/mol. The van der Waals surface area contributed by atoms with E-state index in [9.17, 15) is 0 Å². The molecule has 8 aromatic carbocycles. The lowest BCUT2D eigenvalue weighted by Crippen LogP contribution is -2.23. The third kappa shape index (κ3) is 4.23. The maximum absolute atomic E-state index is 2.49. The second-order valence-corrected chi connectivity index (χ2v) is 14.7. The van der Waals surface area contributed by atoms with Crippen LogP contribution >= 0.6 is 0 Å². The number of anilines is 3. The average molecular weight is 706 g/mol.